The lowest BCUT2D eigenvalue weighted by Crippen LogP contribution is -2.29. The molecule has 1 saturated heterocycles. The molecule has 0 radical (unpaired) electrons. The molecule has 0 spiro atoms. The van der Waals surface area contributed by atoms with E-state index in [0.29, 0.717) is 11.8 Å². The molecule has 1 saturated carbocycles. The molecule has 4 nitrogen and oxygen atoms in total. The van der Waals surface area contributed by atoms with Crippen LogP contribution < -0.4 is 0 Å². The van der Waals surface area contributed by atoms with Gasteiger partial charge in [0.2, 0.25) is 0 Å². The molecule has 5 heteroatoms. The van der Waals surface area contributed by atoms with Crippen molar-refractivity contribution in [3.05, 3.63) is 126 Å². The highest BCUT2D eigenvalue weighted by atomic mass is 19.1. The summed E-state index contributed by atoms with van der Waals surface area (Å²) in [5.41, 5.74) is 7.28. The minimum absolute atomic E-state index is 0.0897. The van der Waals surface area contributed by atoms with Gasteiger partial charge in [0.05, 0.1) is 23.1 Å². The lowest BCUT2D eigenvalue weighted by molar-refractivity contribution is 0.279. The van der Waals surface area contributed by atoms with Crippen LogP contribution >= 0.6 is 0 Å². The van der Waals surface area contributed by atoms with E-state index < -0.39 is 0 Å². The van der Waals surface area contributed by atoms with Crippen LogP contribution in [0.3, 0.4) is 0 Å². The summed E-state index contributed by atoms with van der Waals surface area (Å²) < 4.78 is 15.4. The molecule has 36 heavy (non-hydrogen) atoms. The second-order valence-electron chi connectivity index (χ2n) is 10.3. The predicted molar refractivity (Wildman–Crippen MR) is 140 cm³/mol. The van der Waals surface area contributed by atoms with E-state index in [2.05, 4.69) is 76.5 Å². The summed E-state index contributed by atoms with van der Waals surface area (Å²) in [6.07, 6.45) is 3.82. The van der Waals surface area contributed by atoms with Gasteiger partial charge in [0.15, 0.2) is 0 Å². The Morgan fingerprint density at radius 2 is 1.78 bits per heavy atom. The number of likely N-dealkylation sites (tertiary alicyclic amines) is 1. The van der Waals surface area contributed by atoms with E-state index in [1.807, 2.05) is 23.1 Å². The Morgan fingerprint density at radius 3 is 2.56 bits per heavy atom. The number of halogens is 1. The number of piperidine rings is 1. The highest BCUT2D eigenvalue weighted by Crippen LogP contribution is 2.69. The minimum atomic E-state index is -0.240. The Hall–Kier alpha value is -3.83. The highest BCUT2D eigenvalue weighted by Gasteiger charge is 2.70. The first-order chi connectivity index (χ1) is 17.6. The van der Waals surface area contributed by atoms with Crippen LogP contribution in [0.4, 0.5) is 4.39 Å². The molecule has 178 valence electrons. The first-order valence-electron chi connectivity index (χ1n) is 12.6. The van der Waals surface area contributed by atoms with Crippen LogP contribution in [-0.2, 0) is 12.0 Å². The lowest BCUT2D eigenvalue weighted by atomic mass is 9.86. The third-order valence-corrected chi connectivity index (χ3v) is 8.21. The molecule has 3 aromatic carbocycles. The second-order valence-corrected chi connectivity index (χ2v) is 10.3. The van der Waals surface area contributed by atoms with Gasteiger partial charge < -0.3 is 0 Å². The molecular formula is C31H27FN4. The standard InChI is InChI=1S/C31H27FN4/c1-21-15-29-23(17-34-36(29)26-12-10-24(32)11-13-26)16-27(21)31-20-35(18-25-9-5-6-14-33-25)19-28(31)30(31)22-7-3-2-4-8-22/h2-17,28,30H,18-20H2,1H3. The van der Waals surface area contributed by atoms with Crippen molar-refractivity contribution in [3.63, 3.8) is 0 Å². The monoisotopic (exact) mass is 474 g/mol. The number of hydrogen-bond donors (Lipinski definition) is 0. The second kappa shape index (κ2) is 8.10. The third kappa shape index (κ3) is 3.30. The zero-order valence-electron chi connectivity index (χ0n) is 20.2. The quantitative estimate of drug-likeness (QED) is 0.312. The fraction of sp³-hybridized carbons (Fsp3) is 0.226. The molecule has 3 atom stereocenters. The average molecular weight is 475 g/mol. The minimum Gasteiger partial charge on any atom is -0.296 e. The average Bonchev–Trinajstić information content (AvgIpc) is 3.15. The number of nitrogens with zero attached hydrogens (tertiary/aromatic N) is 4. The van der Waals surface area contributed by atoms with E-state index >= 15 is 0 Å². The molecule has 3 heterocycles. The normalized spacial score (nSPS) is 23.2. The van der Waals surface area contributed by atoms with E-state index in [1.54, 1.807) is 12.1 Å². The molecular weight excluding hydrogens is 447 g/mol. The topological polar surface area (TPSA) is 34.0 Å². The molecule has 7 rings (SSSR count). The fourth-order valence-corrected chi connectivity index (χ4v) is 6.67. The van der Waals surface area contributed by atoms with Crippen LogP contribution in [-0.4, -0.2) is 32.8 Å². The van der Waals surface area contributed by atoms with E-state index in [9.17, 15) is 4.39 Å². The van der Waals surface area contributed by atoms with Crippen molar-refractivity contribution in [2.75, 3.05) is 13.1 Å². The number of fused-ring (bicyclic) bond motifs is 2. The number of pyridine rings is 1. The molecule has 3 unspecified atom stereocenters. The number of aromatic nitrogens is 3. The van der Waals surface area contributed by atoms with Crippen molar-refractivity contribution < 1.29 is 4.39 Å². The molecule has 1 aliphatic carbocycles. The lowest BCUT2D eigenvalue weighted by Gasteiger charge is -2.25. The van der Waals surface area contributed by atoms with E-state index in [4.69, 9.17) is 0 Å². The molecule has 5 aromatic rings. The van der Waals surface area contributed by atoms with Crippen LogP contribution in [0.15, 0.2) is 97.3 Å². The Bertz CT molecular complexity index is 1540. The van der Waals surface area contributed by atoms with Gasteiger partial charge in [0.1, 0.15) is 5.82 Å². The van der Waals surface area contributed by atoms with Gasteiger partial charge >= 0.3 is 0 Å². The van der Waals surface area contributed by atoms with Crippen molar-refractivity contribution in [1.82, 2.24) is 19.7 Å². The van der Waals surface area contributed by atoms with Crippen molar-refractivity contribution >= 4 is 10.9 Å². The van der Waals surface area contributed by atoms with Crippen molar-refractivity contribution in [1.29, 1.82) is 0 Å². The number of rotatable bonds is 5. The van der Waals surface area contributed by atoms with Gasteiger partial charge in [-0.3, -0.25) is 9.88 Å². The maximum absolute atomic E-state index is 13.5. The summed E-state index contributed by atoms with van der Waals surface area (Å²) in [6.45, 7) is 5.20. The maximum atomic E-state index is 13.5. The largest absolute Gasteiger partial charge is 0.296 e. The summed E-state index contributed by atoms with van der Waals surface area (Å²) in [5, 5.41) is 5.78. The number of benzene rings is 3. The summed E-state index contributed by atoms with van der Waals surface area (Å²) in [5.74, 6) is 0.852. The zero-order chi connectivity index (χ0) is 24.3. The molecule has 1 aliphatic heterocycles. The van der Waals surface area contributed by atoms with Crippen LogP contribution in [0.25, 0.3) is 16.6 Å². The fourth-order valence-electron chi connectivity index (χ4n) is 6.67. The number of aryl methyl sites for hydroxylation is 1. The van der Waals surface area contributed by atoms with E-state index in [0.717, 1.165) is 41.9 Å². The molecule has 0 N–H and O–H groups in total. The highest BCUT2D eigenvalue weighted by molar-refractivity contribution is 5.83. The van der Waals surface area contributed by atoms with Gasteiger partial charge in [-0.05, 0) is 78.1 Å². The maximum Gasteiger partial charge on any atom is 0.123 e. The molecule has 0 amide bonds. The van der Waals surface area contributed by atoms with Gasteiger partial charge in [0.25, 0.3) is 0 Å². The summed E-state index contributed by atoms with van der Waals surface area (Å²) in [6, 6.07) is 28.3. The van der Waals surface area contributed by atoms with Crippen molar-refractivity contribution in [2.24, 2.45) is 5.92 Å². The van der Waals surface area contributed by atoms with Crippen molar-refractivity contribution in [3.8, 4) is 5.69 Å². The van der Waals surface area contributed by atoms with Crippen molar-refractivity contribution in [2.45, 2.75) is 24.8 Å². The van der Waals surface area contributed by atoms with Gasteiger partial charge in [-0.2, -0.15) is 5.10 Å². The van der Waals surface area contributed by atoms with E-state index in [-0.39, 0.29) is 11.2 Å². The number of hydrogen-bond acceptors (Lipinski definition) is 3. The smallest absolute Gasteiger partial charge is 0.123 e. The zero-order valence-corrected chi connectivity index (χ0v) is 20.2. The summed E-state index contributed by atoms with van der Waals surface area (Å²) >= 11 is 0. The molecule has 2 aliphatic rings. The predicted octanol–water partition coefficient (Wildman–Crippen LogP) is 6.04. The third-order valence-electron chi connectivity index (χ3n) is 8.21. The Labute approximate surface area is 210 Å². The Balaban J connectivity index is 1.29. The van der Waals surface area contributed by atoms with Crippen LogP contribution in [0.5, 0.6) is 0 Å². The van der Waals surface area contributed by atoms with Crippen LogP contribution in [0.1, 0.15) is 28.3 Å². The molecule has 2 aromatic heterocycles. The van der Waals surface area contributed by atoms with Gasteiger partial charge in [-0.25, -0.2) is 9.07 Å². The van der Waals surface area contributed by atoms with Crippen LogP contribution in [0.2, 0.25) is 0 Å². The Morgan fingerprint density at radius 1 is 0.972 bits per heavy atom. The summed E-state index contributed by atoms with van der Waals surface area (Å²) in [7, 11) is 0. The van der Waals surface area contributed by atoms with Gasteiger partial charge in [-0.15, -0.1) is 0 Å². The van der Waals surface area contributed by atoms with Gasteiger partial charge in [0, 0.05) is 42.6 Å². The first-order valence-corrected chi connectivity index (χ1v) is 12.6. The summed E-state index contributed by atoms with van der Waals surface area (Å²) in [4.78, 5) is 7.14. The van der Waals surface area contributed by atoms with Crippen LogP contribution in [0, 0.1) is 18.7 Å². The SMILES string of the molecule is Cc1cc2c(cnn2-c2ccc(F)cc2)cc1C12CN(Cc3ccccn3)CC1C2c1ccccc1. The first kappa shape index (κ1) is 21.5. The molecule has 2 fully saturated rings. The van der Waals surface area contributed by atoms with Gasteiger partial charge in [-0.1, -0.05) is 36.4 Å². The molecule has 0 bridgehead atoms. The van der Waals surface area contributed by atoms with E-state index in [1.165, 1.54) is 28.8 Å². The Kier molecular flexibility index (Phi) is 4.83.